The van der Waals surface area contributed by atoms with E-state index in [0.29, 0.717) is 6.42 Å². The van der Waals surface area contributed by atoms with Crippen molar-refractivity contribution in [2.45, 2.75) is 6.42 Å². The second kappa shape index (κ2) is 6.02. The van der Waals surface area contributed by atoms with Crippen LogP contribution in [0.5, 0.6) is 0 Å². The lowest BCUT2D eigenvalue weighted by molar-refractivity contribution is 0.0686. The third kappa shape index (κ3) is 3.45. The molecule has 0 saturated heterocycles. The molecule has 0 aliphatic heterocycles. The first kappa shape index (κ1) is 13.8. The highest BCUT2D eigenvalue weighted by Gasteiger charge is 2.05. The smallest absolute Gasteiger partial charge is 0.335 e. The molecule has 2 rings (SSSR count). The molecule has 4 heteroatoms. The summed E-state index contributed by atoms with van der Waals surface area (Å²) in [5.74, 6) is -1.92. The van der Waals surface area contributed by atoms with Crippen molar-refractivity contribution in [1.29, 1.82) is 0 Å². The summed E-state index contributed by atoms with van der Waals surface area (Å²) < 4.78 is 0. The molecular formula is C16H13O4. The van der Waals surface area contributed by atoms with E-state index in [2.05, 4.69) is 0 Å². The fourth-order valence-electron chi connectivity index (χ4n) is 1.87. The summed E-state index contributed by atoms with van der Waals surface area (Å²) in [5, 5.41) is 17.8. The van der Waals surface area contributed by atoms with Crippen molar-refractivity contribution >= 4 is 11.9 Å². The van der Waals surface area contributed by atoms with Gasteiger partial charge in [0, 0.05) is 0 Å². The second-order valence-corrected chi connectivity index (χ2v) is 4.34. The van der Waals surface area contributed by atoms with Gasteiger partial charge in [-0.2, -0.15) is 0 Å². The van der Waals surface area contributed by atoms with Crippen LogP contribution < -0.4 is 0 Å². The first-order valence-electron chi connectivity index (χ1n) is 6.05. The highest BCUT2D eigenvalue weighted by Crippen LogP contribution is 2.13. The molecule has 101 valence electrons. The minimum Gasteiger partial charge on any atom is -0.478 e. The van der Waals surface area contributed by atoms with Crippen molar-refractivity contribution in [1.82, 2.24) is 0 Å². The fraction of sp³-hybridized carbons (Fsp3) is 0.0625. The maximum atomic E-state index is 10.9. The molecule has 0 saturated carbocycles. The van der Waals surface area contributed by atoms with Crippen LogP contribution in [0.2, 0.25) is 0 Å². The summed E-state index contributed by atoms with van der Waals surface area (Å²) in [5.41, 5.74) is 2.14. The van der Waals surface area contributed by atoms with Crippen LogP contribution in [0.1, 0.15) is 31.8 Å². The molecule has 2 aromatic carbocycles. The van der Waals surface area contributed by atoms with Crippen LogP contribution in [0.25, 0.3) is 0 Å². The van der Waals surface area contributed by atoms with E-state index in [1.165, 1.54) is 12.1 Å². The Hall–Kier alpha value is -2.62. The zero-order valence-corrected chi connectivity index (χ0v) is 10.6. The molecule has 20 heavy (non-hydrogen) atoms. The van der Waals surface area contributed by atoms with Crippen molar-refractivity contribution in [2.24, 2.45) is 0 Å². The van der Waals surface area contributed by atoms with Gasteiger partial charge >= 0.3 is 11.9 Å². The van der Waals surface area contributed by atoms with Gasteiger partial charge in [-0.25, -0.2) is 9.59 Å². The number of hydrogen-bond donors (Lipinski definition) is 2. The molecule has 4 nitrogen and oxygen atoms in total. The fourth-order valence-corrected chi connectivity index (χ4v) is 1.87. The number of rotatable bonds is 5. The lowest BCUT2D eigenvalue weighted by Crippen LogP contribution is -1.99. The highest BCUT2D eigenvalue weighted by atomic mass is 16.4. The Bertz CT molecular complexity index is 589. The predicted molar refractivity (Wildman–Crippen MR) is 73.9 cm³/mol. The number of aromatic carboxylic acids is 2. The summed E-state index contributed by atoms with van der Waals surface area (Å²) in [7, 11) is 0. The zero-order valence-electron chi connectivity index (χ0n) is 10.6. The average molecular weight is 269 g/mol. The lowest BCUT2D eigenvalue weighted by Gasteiger charge is -2.04. The summed E-state index contributed by atoms with van der Waals surface area (Å²) in [4.78, 5) is 21.7. The largest absolute Gasteiger partial charge is 0.478 e. The normalized spacial score (nSPS) is 10.2. The average Bonchev–Trinajstić information content (AvgIpc) is 2.45. The second-order valence-electron chi connectivity index (χ2n) is 4.34. The van der Waals surface area contributed by atoms with Crippen LogP contribution >= 0.6 is 0 Å². The SMILES string of the molecule is O=C(O)c1cccc([CH]Cc2cccc(C(=O)O)c2)c1. The first-order valence-corrected chi connectivity index (χ1v) is 6.05. The standard InChI is InChI=1S/C16H13O4/c17-15(18)13-5-1-3-11(9-13)7-8-12-4-2-6-14(10-12)16(19)20/h1-7,9-10H,8H2,(H,17,18)(H,19,20). The molecular weight excluding hydrogens is 256 g/mol. The Morgan fingerprint density at radius 3 is 2.15 bits per heavy atom. The highest BCUT2D eigenvalue weighted by molar-refractivity contribution is 5.88. The number of hydrogen-bond acceptors (Lipinski definition) is 2. The van der Waals surface area contributed by atoms with Crippen molar-refractivity contribution < 1.29 is 19.8 Å². The van der Waals surface area contributed by atoms with E-state index in [4.69, 9.17) is 10.2 Å². The third-order valence-electron chi connectivity index (χ3n) is 2.88. The first-order chi connectivity index (χ1) is 9.56. The van der Waals surface area contributed by atoms with E-state index < -0.39 is 11.9 Å². The van der Waals surface area contributed by atoms with Crippen molar-refractivity contribution in [2.75, 3.05) is 0 Å². The molecule has 0 fully saturated rings. The van der Waals surface area contributed by atoms with Crippen molar-refractivity contribution in [3.05, 3.63) is 77.2 Å². The monoisotopic (exact) mass is 269 g/mol. The Labute approximate surface area is 116 Å². The molecule has 0 aliphatic rings. The number of carboxylic acid groups (broad SMARTS) is 2. The van der Waals surface area contributed by atoms with Gasteiger partial charge in [0.05, 0.1) is 11.1 Å². The van der Waals surface area contributed by atoms with Crippen LogP contribution in [-0.4, -0.2) is 22.2 Å². The molecule has 0 spiro atoms. The maximum Gasteiger partial charge on any atom is 0.335 e. The predicted octanol–water partition coefficient (Wildman–Crippen LogP) is 2.88. The van der Waals surface area contributed by atoms with Gasteiger partial charge in [-0.05, 0) is 48.2 Å². The van der Waals surface area contributed by atoms with E-state index in [9.17, 15) is 9.59 Å². The van der Waals surface area contributed by atoms with Crippen LogP contribution in [0, 0.1) is 6.42 Å². The molecule has 0 amide bonds. The maximum absolute atomic E-state index is 10.9. The minimum atomic E-state index is -0.965. The van der Waals surface area contributed by atoms with Crippen molar-refractivity contribution in [3.8, 4) is 0 Å². The molecule has 0 aliphatic carbocycles. The molecule has 1 radical (unpaired) electrons. The molecule has 2 aromatic rings. The van der Waals surface area contributed by atoms with Gasteiger partial charge < -0.3 is 10.2 Å². The van der Waals surface area contributed by atoms with E-state index >= 15 is 0 Å². The summed E-state index contributed by atoms with van der Waals surface area (Å²) in [6.07, 6.45) is 2.41. The minimum absolute atomic E-state index is 0.234. The van der Waals surface area contributed by atoms with Gasteiger partial charge in [-0.1, -0.05) is 24.3 Å². The van der Waals surface area contributed by atoms with E-state index in [-0.39, 0.29) is 11.1 Å². The Morgan fingerprint density at radius 1 is 0.900 bits per heavy atom. The van der Waals surface area contributed by atoms with Gasteiger partial charge in [-0.15, -0.1) is 0 Å². The van der Waals surface area contributed by atoms with Gasteiger partial charge in [0.15, 0.2) is 0 Å². The van der Waals surface area contributed by atoms with Gasteiger partial charge in [0.2, 0.25) is 0 Å². The van der Waals surface area contributed by atoms with Crippen LogP contribution in [0.3, 0.4) is 0 Å². The molecule has 0 atom stereocenters. The summed E-state index contributed by atoms with van der Waals surface area (Å²) in [6.45, 7) is 0. The quantitative estimate of drug-likeness (QED) is 0.875. The molecule has 0 unspecified atom stereocenters. The van der Waals surface area contributed by atoms with Gasteiger partial charge in [-0.3, -0.25) is 0 Å². The van der Waals surface area contributed by atoms with Crippen LogP contribution in [0.15, 0.2) is 48.5 Å². The van der Waals surface area contributed by atoms with E-state index in [0.717, 1.165) is 11.1 Å². The number of carboxylic acids is 2. The zero-order chi connectivity index (χ0) is 14.5. The molecule has 0 aromatic heterocycles. The van der Waals surface area contributed by atoms with Gasteiger partial charge in [0.1, 0.15) is 0 Å². The number of carbonyl (C=O) groups is 2. The van der Waals surface area contributed by atoms with Crippen LogP contribution in [-0.2, 0) is 6.42 Å². The Balaban J connectivity index is 2.08. The van der Waals surface area contributed by atoms with E-state index in [1.807, 2.05) is 18.6 Å². The summed E-state index contributed by atoms with van der Waals surface area (Å²) in [6, 6.07) is 13.3. The molecule has 2 N–H and O–H groups in total. The molecule has 0 bridgehead atoms. The van der Waals surface area contributed by atoms with Gasteiger partial charge in [0.25, 0.3) is 0 Å². The lowest BCUT2D eigenvalue weighted by atomic mass is 10.0. The van der Waals surface area contributed by atoms with Crippen LogP contribution in [0.4, 0.5) is 0 Å². The third-order valence-corrected chi connectivity index (χ3v) is 2.88. The Morgan fingerprint density at radius 2 is 1.50 bits per heavy atom. The topological polar surface area (TPSA) is 74.6 Å². The molecule has 0 heterocycles. The summed E-state index contributed by atoms with van der Waals surface area (Å²) >= 11 is 0. The van der Waals surface area contributed by atoms with E-state index in [1.54, 1.807) is 24.3 Å². The van der Waals surface area contributed by atoms with Crippen molar-refractivity contribution in [3.63, 3.8) is 0 Å². The number of benzene rings is 2. The Kier molecular flexibility index (Phi) is 4.15.